The predicted octanol–water partition coefficient (Wildman–Crippen LogP) is -0.468. The Morgan fingerprint density at radius 1 is 1.56 bits per heavy atom. The molecule has 0 aromatic heterocycles. The Morgan fingerprint density at radius 2 is 2.11 bits per heavy atom. The topological polar surface area (TPSA) is 46.1 Å². The first-order chi connectivity index (χ1) is 4.18. The molecule has 0 aromatic carbocycles. The first-order valence-corrected chi connectivity index (χ1v) is 3.57. The summed E-state index contributed by atoms with van der Waals surface area (Å²) in [5.74, 6) is 0. The van der Waals surface area contributed by atoms with Gasteiger partial charge in [-0.3, -0.25) is 0 Å². The highest BCUT2D eigenvalue weighted by Gasteiger charge is 1.97. The number of alkyl halides is 1. The van der Waals surface area contributed by atoms with E-state index in [4.69, 9.17) is 11.6 Å². The van der Waals surface area contributed by atoms with Gasteiger partial charge in [0.05, 0.1) is 0 Å². The summed E-state index contributed by atoms with van der Waals surface area (Å²) in [7, 11) is -1.86. The molecule has 0 rings (SSSR count). The largest absolute Gasteiger partial charge is 0.892 e. The van der Waals surface area contributed by atoms with Gasteiger partial charge in [0.1, 0.15) is 0 Å². The van der Waals surface area contributed by atoms with Gasteiger partial charge in [0.25, 0.3) is 0 Å². The summed E-state index contributed by atoms with van der Waals surface area (Å²) in [5, 5.41) is 19.4. The van der Waals surface area contributed by atoms with Gasteiger partial charge < -0.3 is 10.0 Å². The van der Waals surface area contributed by atoms with Crippen molar-refractivity contribution in [2.75, 3.05) is 0 Å². The van der Waals surface area contributed by atoms with Crippen LogP contribution in [0, 0.1) is 0 Å². The third-order valence-electron chi connectivity index (χ3n) is 1.13. The normalized spacial score (nSPS) is 13.3. The van der Waals surface area contributed by atoms with Crippen LogP contribution in [-0.4, -0.2) is 12.4 Å². The average Bonchev–Trinajstić information content (AvgIpc) is 1.82. The highest BCUT2D eigenvalue weighted by atomic mass is 35.5. The molecule has 0 N–H and O–H groups in total. The second-order valence-corrected chi connectivity index (χ2v) is 2.59. The highest BCUT2D eigenvalue weighted by molar-refractivity contribution is 6.54. The lowest BCUT2D eigenvalue weighted by molar-refractivity contribution is -0.349. The van der Waals surface area contributed by atoms with Gasteiger partial charge in [0.2, 0.25) is 0 Å². The van der Waals surface area contributed by atoms with Crippen molar-refractivity contribution in [3.63, 3.8) is 0 Å². The van der Waals surface area contributed by atoms with Crippen LogP contribution in [0.1, 0.15) is 26.2 Å². The van der Waals surface area contributed by atoms with Crippen LogP contribution in [0.2, 0.25) is 0 Å². The molecule has 9 heavy (non-hydrogen) atoms. The molecule has 0 aromatic rings. The zero-order valence-corrected chi connectivity index (χ0v) is 6.23. The van der Waals surface area contributed by atoms with Gasteiger partial charge in [-0.15, -0.1) is 11.6 Å². The van der Waals surface area contributed by atoms with Crippen molar-refractivity contribution >= 4 is 18.7 Å². The molecule has 0 fully saturated rings. The number of rotatable bonds is 4. The highest BCUT2D eigenvalue weighted by Crippen LogP contribution is 2.05. The molecule has 1 unspecified atom stereocenters. The maximum absolute atomic E-state index is 10.0. The van der Waals surface area contributed by atoms with Gasteiger partial charge in [-0.2, -0.15) is 0 Å². The van der Waals surface area contributed by atoms with Gasteiger partial charge in [-0.1, -0.05) is 26.9 Å². The molecule has 0 aliphatic rings. The van der Waals surface area contributed by atoms with E-state index in [1.54, 1.807) is 0 Å². The maximum atomic E-state index is 10.0. The number of halogens is 1. The maximum Gasteiger partial charge on any atom is -0.0308 e. The summed E-state index contributed by atoms with van der Waals surface area (Å²) in [4.78, 5) is 0. The van der Waals surface area contributed by atoms with Crippen molar-refractivity contribution in [1.29, 1.82) is 0 Å². The van der Waals surface area contributed by atoms with Crippen LogP contribution in [0.5, 0.6) is 0 Å². The summed E-state index contributed by atoms with van der Waals surface area (Å²) >= 11 is 5.37. The van der Waals surface area contributed by atoms with Gasteiger partial charge in [0, 0.05) is 0 Å². The molecule has 0 saturated heterocycles. The zero-order chi connectivity index (χ0) is 7.28. The van der Waals surface area contributed by atoms with Crippen LogP contribution in [0.3, 0.4) is 0 Å². The summed E-state index contributed by atoms with van der Waals surface area (Å²) in [6, 6.07) is 0. The molecule has 0 spiro atoms. The third kappa shape index (κ3) is 4.76. The van der Waals surface area contributed by atoms with E-state index < -0.39 is 12.4 Å². The third-order valence-corrected chi connectivity index (χ3v) is 1.55. The Labute approximate surface area is 61.0 Å². The van der Waals surface area contributed by atoms with Gasteiger partial charge >= 0.3 is 0 Å². The molecule has 4 heteroatoms. The first kappa shape index (κ1) is 9.27. The van der Waals surface area contributed by atoms with E-state index in [-0.39, 0.29) is 0 Å². The smallest absolute Gasteiger partial charge is 0.0308 e. The Bertz CT molecular complexity index is 70.0. The molecule has 54 valence electrons. The van der Waals surface area contributed by atoms with Crippen LogP contribution in [0.4, 0.5) is 0 Å². The van der Waals surface area contributed by atoms with Crippen LogP contribution >= 0.6 is 11.6 Å². The van der Waals surface area contributed by atoms with E-state index in [9.17, 15) is 10.0 Å². The zero-order valence-electron chi connectivity index (χ0n) is 5.47. The fraction of sp³-hybridized carbons (Fsp3) is 1.00. The Morgan fingerprint density at radius 3 is 2.44 bits per heavy atom. The van der Waals surface area contributed by atoms with Crippen molar-refractivity contribution < 1.29 is 10.0 Å². The van der Waals surface area contributed by atoms with E-state index in [0.29, 0.717) is 6.42 Å². The van der Waals surface area contributed by atoms with E-state index in [0.717, 1.165) is 12.8 Å². The Hall–Kier alpha value is 0.275. The molecule has 0 bridgehead atoms. The first-order valence-electron chi connectivity index (χ1n) is 3.14. The minimum Gasteiger partial charge on any atom is -0.892 e. The van der Waals surface area contributed by atoms with E-state index in [1.807, 2.05) is 6.92 Å². The molecule has 0 saturated carbocycles. The lowest BCUT2D eigenvalue weighted by atomic mass is 9.83. The summed E-state index contributed by atoms with van der Waals surface area (Å²) in [6.07, 6.45) is 2.40. The Balaban J connectivity index is 3.16. The van der Waals surface area contributed by atoms with Crippen molar-refractivity contribution in [2.45, 2.75) is 31.5 Å². The molecular weight excluding hydrogens is 138 g/mol. The van der Waals surface area contributed by atoms with E-state index in [2.05, 4.69) is 0 Å². The molecule has 1 atom stereocenters. The van der Waals surface area contributed by atoms with Crippen LogP contribution < -0.4 is 10.0 Å². The molecular formula is C5H10BClO2-2. The van der Waals surface area contributed by atoms with Crippen molar-refractivity contribution in [3.8, 4) is 0 Å². The minimum atomic E-state index is -1.86. The molecule has 0 amide bonds. The van der Waals surface area contributed by atoms with Gasteiger partial charge in [-0.25, -0.2) is 0 Å². The lowest BCUT2D eigenvalue weighted by Crippen LogP contribution is -2.52. The van der Waals surface area contributed by atoms with Crippen LogP contribution in [-0.2, 0) is 0 Å². The van der Waals surface area contributed by atoms with Crippen LogP contribution in [0.15, 0.2) is 0 Å². The van der Waals surface area contributed by atoms with Crippen molar-refractivity contribution in [2.24, 2.45) is 0 Å². The fourth-order valence-corrected chi connectivity index (χ4v) is 0.690. The number of hydrogen-bond acceptors (Lipinski definition) is 2. The fourth-order valence-electron chi connectivity index (χ4n) is 0.535. The molecule has 0 aliphatic heterocycles. The Kier molecular flexibility index (Phi) is 5.25. The van der Waals surface area contributed by atoms with E-state index in [1.165, 1.54) is 0 Å². The summed E-state index contributed by atoms with van der Waals surface area (Å²) in [6.45, 7) is 1.99. The number of unbranched alkanes of at least 4 members (excludes halogenated alkanes) is 1. The average molecular weight is 148 g/mol. The quantitative estimate of drug-likeness (QED) is 0.400. The molecule has 2 nitrogen and oxygen atoms in total. The molecule has 0 heterocycles. The summed E-state index contributed by atoms with van der Waals surface area (Å²) in [5.41, 5.74) is 0. The van der Waals surface area contributed by atoms with Crippen molar-refractivity contribution in [1.82, 2.24) is 0 Å². The van der Waals surface area contributed by atoms with Gasteiger partial charge in [-0.05, 0) is 11.7 Å². The molecule has 0 radical (unpaired) electrons. The minimum absolute atomic E-state index is 0.551. The molecule has 0 aliphatic carbocycles. The second-order valence-electron chi connectivity index (χ2n) is 2.03. The monoisotopic (exact) mass is 148 g/mol. The second kappa shape index (κ2) is 5.09. The summed E-state index contributed by atoms with van der Waals surface area (Å²) < 4.78 is 0. The predicted molar refractivity (Wildman–Crippen MR) is 34.9 cm³/mol. The van der Waals surface area contributed by atoms with Crippen molar-refractivity contribution in [3.05, 3.63) is 0 Å². The van der Waals surface area contributed by atoms with Crippen LogP contribution in [0.25, 0.3) is 0 Å². The van der Waals surface area contributed by atoms with E-state index >= 15 is 0 Å². The lowest BCUT2D eigenvalue weighted by Gasteiger charge is -2.31. The van der Waals surface area contributed by atoms with Gasteiger partial charge in [0.15, 0.2) is 0 Å². The standard InChI is InChI=1S/C5H10BClO2/c1-2-3-4-5(7)6(8)9/h5H,2-4H2,1H3/q-2. The number of hydrogen-bond donors (Lipinski definition) is 0. The SMILES string of the molecule is CCCCC(Cl)B([O-])[O-].